The second-order valence-electron chi connectivity index (χ2n) is 7.25. The van der Waals surface area contributed by atoms with Gasteiger partial charge in [0.25, 0.3) is 0 Å². The fraction of sp³-hybridized carbons (Fsp3) is 0.250. The zero-order chi connectivity index (χ0) is 20.7. The molecule has 30 heavy (non-hydrogen) atoms. The van der Waals surface area contributed by atoms with Crippen LogP contribution in [0.25, 0.3) is 16.9 Å². The number of anilines is 1. The molecule has 1 fully saturated rings. The van der Waals surface area contributed by atoms with E-state index in [0.717, 1.165) is 17.6 Å². The number of hydrogen-bond acceptors (Lipinski definition) is 6. The SMILES string of the molecule is O=Cc1ccc2nc(Cn3cc(-c4cncc(N5C[C@@H](F)[C@H](F)C5)c4)nn3)cn2c1. The van der Waals surface area contributed by atoms with Crippen molar-refractivity contribution in [2.75, 3.05) is 18.0 Å². The molecule has 0 aromatic carbocycles. The molecule has 0 aliphatic carbocycles. The fourth-order valence-corrected chi connectivity index (χ4v) is 3.56. The molecule has 5 heterocycles. The molecule has 1 saturated heterocycles. The Morgan fingerprint density at radius 1 is 1.10 bits per heavy atom. The molecule has 0 amide bonds. The summed E-state index contributed by atoms with van der Waals surface area (Å²) < 4.78 is 30.5. The summed E-state index contributed by atoms with van der Waals surface area (Å²) in [5.41, 5.74) is 4.03. The predicted molar refractivity (Wildman–Crippen MR) is 105 cm³/mol. The third kappa shape index (κ3) is 3.40. The lowest BCUT2D eigenvalue weighted by atomic mass is 10.2. The molecular weight excluding hydrogens is 392 g/mol. The van der Waals surface area contributed by atoms with E-state index in [2.05, 4.69) is 20.3 Å². The molecule has 4 aromatic heterocycles. The number of aldehydes is 1. The van der Waals surface area contributed by atoms with Gasteiger partial charge in [-0.3, -0.25) is 9.78 Å². The third-order valence-electron chi connectivity index (χ3n) is 5.09. The van der Waals surface area contributed by atoms with Crippen LogP contribution in [0, 0.1) is 0 Å². The van der Waals surface area contributed by atoms with Crippen LogP contribution in [0.1, 0.15) is 16.1 Å². The van der Waals surface area contributed by atoms with Crippen LogP contribution in [0.4, 0.5) is 14.5 Å². The Morgan fingerprint density at radius 3 is 2.73 bits per heavy atom. The van der Waals surface area contributed by atoms with E-state index in [1.54, 1.807) is 57.0 Å². The first-order valence-corrected chi connectivity index (χ1v) is 9.40. The number of aromatic nitrogens is 6. The standard InChI is InChI=1S/C20H17F2N7O/c21-17-9-27(10-18(17)22)16-3-14(4-23-5-16)19-11-29(26-25-19)8-15-7-28-6-13(12-30)1-2-20(28)24-15/h1-7,11-12,17-18H,8-10H2/t17-,18-/m1/s1. The Morgan fingerprint density at radius 2 is 1.93 bits per heavy atom. The van der Waals surface area contributed by atoms with E-state index >= 15 is 0 Å². The Hall–Kier alpha value is -3.69. The van der Waals surface area contributed by atoms with Crippen LogP contribution < -0.4 is 4.90 Å². The average Bonchev–Trinajstić information content (AvgIpc) is 3.47. The van der Waals surface area contributed by atoms with Crippen LogP contribution in [0.3, 0.4) is 0 Å². The van der Waals surface area contributed by atoms with Crippen molar-refractivity contribution in [2.45, 2.75) is 18.9 Å². The quantitative estimate of drug-likeness (QED) is 0.471. The Balaban J connectivity index is 1.36. The van der Waals surface area contributed by atoms with Gasteiger partial charge in [0.2, 0.25) is 0 Å². The van der Waals surface area contributed by atoms with Crippen molar-refractivity contribution in [3.63, 3.8) is 0 Å². The zero-order valence-electron chi connectivity index (χ0n) is 15.8. The molecule has 0 unspecified atom stereocenters. The van der Waals surface area contributed by atoms with Gasteiger partial charge in [-0.25, -0.2) is 18.4 Å². The van der Waals surface area contributed by atoms with Gasteiger partial charge in [-0.15, -0.1) is 5.10 Å². The van der Waals surface area contributed by atoms with Gasteiger partial charge in [0.15, 0.2) is 18.6 Å². The van der Waals surface area contributed by atoms with Gasteiger partial charge in [-0.1, -0.05) is 5.21 Å². The van der Waals surface area contributed by atoms with Crippen molar-refractivity contribution in [1.82, 2.24) is 29.4 Å². The Bertz CT molecular complexity index is 1210. The molecule has 1 aliphatic heterocycles. The van der Waals surface area contributed by atoms with Crippen LogP contribution >= 0.6 is 0 Å². The molecular formula is C20H17F2N7O. The monoisotopic (exact) mass is 409 g/mol. The van der Waals surface area contributed by atoms with Gasteiger partial charge < -0.3 is 9.30 Å². The highest BCUT2D eigenvalue weighted by molar-refractivity contribution is 5.74. The summed E-state index contributed by atoms with van der Waals surface area (Å²) in [4.78, 5) is 21.3. The van der Waals surface area contributed by atoms with Crippen molar-refractivity contribution < 1.29 is 13.6 Å². The number of carbonyl (C=O) groups is 1. The lowest BCUT2D eigenvalue weighted by Gasteiger charge is -2.17. The first-order chi connectivity index (χ1) is 14.6. The molecule has 0 radical (unpaired) electrons. The summed E-state index contributed by atoms with van der Waals surface area (Å²) in [7, 11) is 0. The average molecular weight is 409 g/mol. The van der Waals surface area contributed by atoms with Crippen LogP contribution in [0.15, 0.2) is 49.2 Å². The van der Waals surface area contributed by atoms with Gasteiger partial charge in [0.1, 0.15) is 11.3 Å². The van der Waals surface area contributed by atoms with E-state index in [1.165, 1.54) is 0 Å². The molecule has 0 N–H and O–H groups in total. The lowest BCUT2D eigenvalue weighted by molar-refractivity contribution is 0.112. The molecule has 0 saturated carbocycles. The van der Waals surface area contributed by atoms with Gasteiger partial charge >= 0.3 is 0 Å². The fourth-order valence-electron chi connectivity index (χ4n) is 3.56. The molecule has 2 atom stereocenters. The number of imidazole rings is 1. The number of alkyl halides is 2. The molecule has 4 aromatic rings. The minimum absolute atomic E-state index is 0.0126. The second kappa shape index (κ2) is 7.29. The number of halogens is 2. The van der Waals surface area contributed by atoms with Crippen molar-refractivity contribution >= 4 is 17.6 Å². The van der Waals surface area contributed by atoms with E-state index in [0.29, 0.717) is 29.1 Å². The first kappa shape index (κ1) is 18.3. The molecule has 8 nitrogen and oxygen atoms in total. The second-order valence-corrected chi connectivity index (χ2v) is 7.25. The molecule has 1 aliphatic rings. The van der Waals surface area contributed by atoms with E-state index < -0.39 is 12.3 Å². The topological polar surface area (TPSA) is 81.2 Å². The Labute approximate surface area is 169 Å². The van der Waals surface area contributed by atoms with Gasteiger partial charge in [-0.2, -0.15) is 0 Å². The van der Waals surface area contributed by atoms with Crippen molar-refractivity contribution in [2.24, 2.45) is 0 Å². The summed E-state index contributed by atoms with van der Waals surface area (Å²) in [5.74, 6) is 0. The predicted octanol–water partition coefficient (Wildman–Crippen LogP) is 2.34. The molecule has 0 bridgehead atoms. The van der Waals surface area contributed by atoms with E-state index in [1.807, 2.05) is 6.20 Å². The van der Waals surface area contributed by atoms with Gasteiger partial charge in [0.05, 0.1) is 43.4 Å². The molecule has 0 spiro atoms. The van der Waals surface area contributed by atoms with Crippen LogP contribution in [0.5, 0.6) is 0 Å². The largest absolute Gasteiger partial charge is 0.364 e. The van der Waals surface area contributed by atoms with Crippen molar-refractivity contribution in [1.29, 1.82) is 0 Å². The highest BCUT2D eigenvalue weighted by Crippen LogP contribution is 2.27. The number of fused-ring (bicyclic) bond motifs is 1. The van der Waals surface area contributed by atoms with Crippen molar-refractivity contribution in [3.05, 3.63) is 60.4 Å². The van der Waals surface area contributed by atoms with Crippen LogP contribution in [-0.2, 0) is 6.54 Å². The van der Waals surface area contributed by atoms with E-state index in [-0.39, 0.29) is 13.1 Å². The molecule has 10 heteroatoms. The smallest absolute Gasteiger partial charge is 0.151 e. The lowest BCUT2D eigenvalue weighted by Crippen LogP contribution is -2.20. The normalized spacial score (nSPS) is 18.9. The number of nitrogens with zero attached hydrogens (tertiary/aromatic N) is 7. The minimum atomic E-state index is -1.48. The first-order valence-electron chi connectivity index (χ1n) is 9.40. The summed E-state index contributed by atoms with van der Waals surface area (Å²) in [5, 5.41) is 8.33. The van der Waals surface area contributed by atoms with E-state index in [9.17, 15) is 13.6 Å². The van der Waals surface area contributed by atoms with Crippen LogP contribution in [0.2, 0.25) is 0 Å². The van der Waals surface area contributed by atoms with Crippen LogP contribution in [-0.4, -0.2) is 61.1 Å². The summed E-state index contributed by atoms with van der Waals surface area (Å²) in [6.07, 6.45) is 6.36. The number of carbonyl (C=O) groups excluding carboxylic acids is 1. The minimum Gasteiger partial charge on any atom is -0.364 e. The third-order valence-corrected chi connectivity index (χ3v) is 5.09. The Kier molecular flexibility index (Phi) is 4.46. The zero-order valence-corrected chi connectivity index (χ0v) is 15.8. The highest BCUT2D eigenvalue weighted by Gasteiger charge is 2.33. The van der Waals surface area contributed by atoms with Gasteiger partial charge in [-0.05, 0) is 18.2 Å². The summed E-state index contributed by atoms with van der Waals surface area (Å²) in [6, 6.07) is 5.29. The summed E-state index contributed by atoms with van der Waals surface area (Å²) >= 11 is 0. The summed E-state index contributed by atoms with van der Waals surface area (Å²) in [6.45, 7) is 0.425. The number of pyridine rings is 2. The highest BCUT2D eigenvalue weighted by atomic mass is 19.2. The van der Waals surface area contributed by atoms with Crippen molar-refractivity contribution in [3.8, 4) is 11.3 Å². The molecule has 5 rings (SSSR count). The maximum absolute atomic E-state index is 13.5. The number of hydrogen-bond donors (Lipinski definition) is 0. The maximum Gasteiger partial charge on any atom is 0.151 e. The van der Waals surface area contributed by atoms with Gasteiger partial charge in [0, 0.05) is 29.7 Å². The molecule has 152 valence electrons. The van der Waals surface area contributed by atoms with E-state index in [4.69, 9.17) is 0 Å². The number of rotatable bonds is 5. The maximum atomic E-state index is 13.5.